The molecule has 12 heavy (non-hydrogen) atoms. The van der Waals surface area contributed by atoms with Crippen molar-refractivity contribution in [3.05, 3.63) is 31.5 Å². The van der Waals surface area contributed by atoms with Crippen LogP contribution in [-0.4, -0.2) is 9.91 Å². The van der Waals surface area contributed by atoms with Gasteiger partial charge in [-0.2, -0.15) is 0 Å². The van der Waals surface area contributed by atoms with Gasteiger partial charge in [0.05, 0.1) is 4.92 Å². The number of hydrogen-bond donors (Lipinski definition) is 0. The molecule has 0 fully saturated rings. The Hall–Kier alpha value is -0.680. The van der Waals surface area contributed by atoms with Crippen LogP contribution in [0, 0.1) is 17.0 Å². The first-order chi connectivity index (χ1) is 5.52. The van der Waals surface area contributed by atoms with Gasteiger partial charge in [-0.1, -0.05) is 11.6 Å². The zero-order chi connectivity index (χ0) is 9.30. The van der Waals surface area contributed by atoms with Crippen molar-refractivity contribution in [3.8, 4) is 0 Å². The van der Waals surface area contributed by atoms with E-state index in [1.165, 1.54) is 6.07 Å². The molecule has 1 rings (SSSR count). The normalized spacial score (nSPS) is 9.92. The average molecular weight is 251 g/mol. The second kappa shape index (κ2) is 3.37. The summed E-state index contributed by atoms with van der Waals surface area (Å²) in [5.41, 5.74) is 0.517. The molecule has 0 radical (unpaired) electrons. The van der Waals surface area contributed by atoms with Gasteiger partial charge in [-0.25, -0.2) is 4.98 Å². The molecule has 0 bridgehead atoms. The molecule has 1 aromatic rings. The van der Waals surface area contributed by atoms with Crippen LogP contribution in [-0.2, 0) is 0 Å². The second-order valence-corrected chi connectivity index (χ2v) is 3.27. The van der Waals surface area contributed by atoms with Gasteiger partial charge in [-0.3, -0.25) is 10.1 Å². The Morgan fingerprint density at radius 2 is 2.33 bits per heavy atom. The highest BCUT2D eigenvalue weighted by Crippen LogP contribution is 2.26. The van der Waals surface area contributed by atoms with Gasteiger partial charge in [0.2, 0.25) is 0 Å². The number of nitrogens with zero attached hydrogens (tertiary/aromatic N) is 2. The summed E-state index contributed by atoms with van der Waals surface area (Å²) >= 11 is 8.57. The first-order valence-electron chi connectivity index (χ1n) is 2.99. The number of aromatic nitrogens is 1. The highest BCUT2D eigenvalue weighted by atomic mass is 79.9. The molecule has 0 aliphatic heterocycles. The lowest BCUT2D eigenvalue weighted by Gasteiger charge is -1.98. The largest absolute Gasteiger partial charge is 0.302 e. The summed E-state index contributed by atoms with van der Waals surface area (Å²) in [6.45, 7) is 1.66. The van der Waals surface area contributed by atoms with Crippen LogP contribution < -0.4 is 0 Å². The highest BCUT2D eigenvalue weighted by molar-refractivity contribution is 9.10. The molecule has 6 heteroatoms. The molecule has 0 aliphatic carbocycles. The van der Waals surface area contributed by atoms with Crippen LogP contribution in [0.3, 0.4) is 0 Å². The third-order valence-electron chi connectivity index (χ3n) is 1.28. The van der Waals surface area contributed by atoms with Gasteiger partial charge in [0.1, 0.15) is 5.15 Å². The van der Waals surface area contributed by atoms with Gasteiger partial charge in [0, 0.05) is 6.07 Å². The lowest BCUT2D eigenvalue weighted by atomic mass is 10.3. The maximum atomic E-state index is 10.4. The van der Waals surface area contributed by atoms with Crippen molar-refractivity contribution in [1.29, 1.82) is 0 Å². The zero-order valence-corrected chi connectivity index (χ0v) is 8.39. The minimum Gasteiger partial charge on any atom is -0.258 e. The Bertz CT molecular complexity index is 343. The molecule has 4 nitrogen and oxygen atoms in total. The maximum absolute atomic E-state index is 10.4. The minimum absolute atomic E-state index is 0.0723. The van der Waals surface area contributed by atoms with Crippen LogP contribution in [0.25, 0.3) is 0 Å². The molecule has 0 aromatic carbocycles. The molecule has 0 spiro atoms. The van der Waals surface area contributed by atoms with E-state index in [9.17, 15) is 10.1 Å². The predicted molar refractivity (Wildman–Crippen MR) is 48.3 cm³/mol. The molecule has 0 saturated heterocycles. The quantitative estimate of drug-likeness (QED) is 0.438. The summed E-state index contributed by atoms with van der Waals surface area (Å²) in [4.78, 5) is 13.6. The fraction of sp³-hybridized carbons (Fsp3) is 0.167. The molecular formula is C6H4BrClN2O2. The number of rotatable bonds is 1. The Balaban J connectivity index is 3.33. The summed E-state index contributed by atoms with van der Waals surface area (Å²) in [5.74, 6) is 0. The Morgan fingerprint density at radius 3 is 2.83 bits per heavy atom. The van der Waals surface area contributed by atoms with E-state index in [2.05, 4.69) is 20.9 Å². The molecule has 0 aliphatic rings. The third-order valence-corrected chi connectivity index (χ3v) is 2.25. The first-order valence-corrected chi connectivity index (χ1v) is 4.16. The molecule has 0 N–H and O–H groups in total. The SMILES string of the molecule is Cc1cc([N+](=O)[O-])c(Br)nc1Cl. The van der Waals surface area contributed by atoms with Crippen LogP contribution in [0.2, 0.25) is 5.15 Å². The molecule has 0 amide bonds. The fourth-order valence-electron chi connectivity index (χ4n) is 0.684. The van der Waals surface area contributed by atoms with Crippen molar-refractivity contribution in [2.45, 2.75) is 6.92 Å². The summed E-state index contributed by atoms with van der Waals surface area (Å²) in [6, 6.07) is 1.37. The maximum Gasteiger partial charge on any atom is 0.302 e. The van der Waals surface area contributed by atoms with E-state index in [0.717, 1.165) is 0 Å². The number of pyridine rings is 1. The molecular weight excluding hydrogens is 247 g/mol. The van der Waals surface area contributed by atoms with Crippen molar-refractivity contribution in [1.82, 2.24) is 4.98 Å². The van der Waals surface area contributed by atoms with Gasteiger partial charge in [0.15, 0.2) is 4.60 Å². The monoisotopic (exact) mass is 250 g/mol. The predicted octanol–water partition coefficient (Wildman–Crippen LogP) is 2.71. The third kappa shape index (κ3) is 1.73. The van der Waals surface area contributed by atoms with Crippen LogP contribution in [0.4, 0.5) is 5.69 Å². The van der Waals surface area contributed by atoms with Crippen molar-refractivity contribution in [2.75, 3.05) is 0 Å². The Kier molecular flexibility index (Phi) is 2.64. The smallest absolute Gasteiger partial charge is 0.258 e. The van der Waals surface area contributed by atoms with E-state index in [-0.39, 0.29) is 15.4 Å². The van der Waals surface area contributed by atoms with Crippen molar-refractivity contribution in [2.24, 2.45) is 0 Å². The van der Waals surface area contributed by atoms with Gasteiger partial charge < -0.3 is 0 Å². The van der Waals surface area contributed by atoms with E-state index in [1.54, 1.807) is 6.92 Å². The van der Waals surface area contributed by atoms with E-state index < -0.39 is 4.92 Å². The highest BCUT2D eigenvalue weighted by Gasteiger charge is 2.14. The molecule has 1 aromatic heterocycles. The number of halogens is 2. The van der Waals surface area contributed by atoms with Gasteiger partial charge in [0.25, 0.3) is 0 Å². The fourth-order valence-corrected chi connectivity index (χ4v) is 1.36. The Morgan fingerprint density at radius 1 is 1.75 bits per heavy atom. The molecule has 1 heterocycles. The van der Waals surface area contributed by atoms with E-state index in [1.807, 2.05) is 0 Å². The van der Waals surface area contributed by atoms with Crippen molar-refractivity contribution < 1.29 is 4.92 Å². The van der Waals surface area contributed by atoms with E-state index in [0.29, 0.717) is 5.56 Å². The lowest BCUT2D eigenvalue weighted by molar-refractivity contribution is -0.386. The first kappa shape index (κ1) is 9.41. The minimum atomic E-state index is -0.513. The number of hydrogen-bond acceptors (Lipinski definition) is 3. The molecule has 0 atom stereocenters. The standard InChI is InChI=1S/C6H4BrClN2O2/c1-3-2-4(10(11)12)5(7)9-6(3)8/h2H,1H3. The van der Waals surface area contributed by atoms with Crippen molar-refractivity contribution >= 4 is 33.2 Å². The summed E-state index contributed by atoms with van der Waals surface area (Å²) in [5, 5.41) is 10.6. The van der Waals surface area contributed by atoms with Crippen LogP contribution in [0.5, 0.6) is 0 Å². The van der Waals surface area contributed by atoms with Gasteiger partial charge in [-0.05, 0) is 28.4 Å². The van der Waals surface area contributed by atoms with Crippen LogP contribution >= 0.6 is 27.5 Å². The van der Waals surface area contributed by atoms with Crippen molar-refractivity contribution in [3.63, 3.8) is 0 Å². The molecule has 0 saturated carbocycles. The summed E-state index contributed by atoms with van der Waals surface area (Å²) in [7, 11) is 0. The Labute approximate surface area is 81.8 Å². The zero-order valence-electron chi connectivity index (χ0n) is 6.04. The molecule has 64 valence electrons. The average Bonchev–Trinajstić information content (AvgIpc) is 1.96. The van der Waals surface area contributed by atoms with E-state index in [4.69, 9.17) is 11.6 Å². The summed E-state index contributed by atoms with van der Waals surface area (Å²) < 4.78 is 0.156. The lowest BCUT2D eigenvalue weighted by Crippen LogP contribution is -1.93. The summed E-state index contributed by atoms with van der Waals surface area (Å²) in [6.07, 6.45) is 0. The van der Waals surface area contributed by atoms with Gasteiger partial charge in [-0.15, -0.1) is 0 Å². The van der Waals surface area contributed by atoms with E-state index >= 15 is 0 Å². The van der Waals surface area contributed by atoms with Crippen LogP contribution in [0.15, 0.2) is 10.7 Å². The second-order valence-electron chi connectivity index (χ2n) is 2.16. The molecule has 0 unspecified atom stereocenters. The number of nitro groups is 1. The van der Waals surface area contributed by atoms with Gasteiger partial charge >= 0.3 is 5.69 Å². The van der Waals surface area contributed by atoms with Crippen LogP contribution in [0.1, 0.15) is 5.56 Å². The topological polar surface area (TPSA) is 56.0 Å². The number of aryl methyl sites for hydroxylation is 1.